The molecule has 56 valence electrons. The lowest BCUT2D eigenvalue weighted by molar-refractivity contribution is 0.965. The first-order valence-corrected chi connectivity index (χ1v) is 4.04. The molecule has 0 spiro atoms. The Labute approximate surface area is 74.0 Å². The zero-order chi connectivity index (χ0) is 8.27. The maximum atomic E-state index is 8.62. The second kappa shape index (κ2) is 3.49. The Morgan fingerprint density at radius 2 is 2.45 bits per heavy atom. The zero-order valence-corrected chi connectivity index (χ0v) is 7.67. The van der Waals surface area contributed by atoms with Crippen LogP contribution < -0.4 is 0 Å². The number of aromatic nitrogens is 1. The van der Waals surface area contributed by atoms with Gasteiger partial charge >= 0.3 is 0 Å². The van der Waals surface area contributed by atoms with Crippen molar-refractivity contribution in [3.63, 3.8) is 0 Å². The van der Waals surface area contributed by atoms with E-state index in [1.807, 2.05) is 13.0 Å². The van der Waals surface area contributed by atoms with Crippen molar-refractivity contribution in [3.05, 3.63) is 28.5 Å². The van der Waals surface area contributed by atoms with Crippen molar-refractivity contribution in [2.24, 2.45) is 0 Å². The summed E-state index contributed by atoms with van der Waals surface area (Å²) in [5, 5.41) is 8.62. The fraction of sp³-hybridized carbons (Fsp3) is 0.250. The van der Waals surface area contributed by atoms with Gasteiger partial charge in [0.15, 0.2) is 0 Å². The van der Waals surface area contributed by atoms with E-state index < -0.39 is 0 Å². The smallest absolute Gasteiger partial charge is 0.0701 e. The van der Waals surface area contributed by atoms with E-state index in [0.29, 0.717) is 0 Å². The Bertz CT molecular complexity index is 290. The maximum absolute atomic E-state index is 8.62. The molecule has 1 atom stereocenters. The van der Waals surface area contributed by atoms with E-state index in [2.05, 4.69) is 27.0 Å². The summed E-state index contributed by atoms with van der Waals surface area (Å²) >= 11 is 3.32. The minimum Gasteiger partial charge on any atom is -0.264 e. The number of rotatable bonds is 1. The average molecular weight is 211 g/mol. The van der Waals surface area contributed by atoms with Gasteiger partial charge in [0, 0.05) is 16.9 Å². The van der Waals surface area contributed by atoms with Gasteiger partial charge in [0.05, 0.1) is 12.0 Å². The summed E-state index contributed by atoms with van der Waals surface area (Å²) in [4.78, 5) is 3.91. The van der Waals surface area contributed by atoms with Crippen LogP contribution >= 0.6 is 15.9 Å². The van der Waals surface area contributed by atoms with Crippen LogP contribution in [0.2, 0.25) is 0 Å². The van der Waals surface area contributed by atoms with Crippen molar-refractivity contribution in [2.75, 3.05) is 0 Å². The number of pyridine rings is 1. The summed E-state index contributed by atoms with van der Waals surface area (Å²) in [5.41, 5.74) is 0.988. The van der Waals surface area contributed by atoms with Crippen LogP contribution in [0.25, 0.3) is 0 Å². The van der Waals surface area contributed by atoms with Gasteiger partial charge in [-0.3, -0.25) is 4.98 Å². The predicted octanol–water partition coefficient (Wildman–Crippen LogP) is 2.47. The molecular formula is C8H7BrN2. The molecule has 1 heterocycles. The van der Waals surface area contributed by atoms with Crippen LogP contribution in [0.5, 0.6) is 0 Å². The van der Waals surface area contributed by atoms with E-state index in [1.54, 1.807) is 12.4 Å². The first-order valence-electron chi connectivity index (χ1n) is 3.24. The molecule has 3 heteroatoms. The molecule has 11 heavy (non-hydrogen) atoms. The molecule has 1 aromatic rings. The molecule has 0 radical (unpaired) electrons. The standard InChI is InChI=1S/C8H7BrN2/c1-6(4-10)7-2-3-11-5-8(7)9/h2-3,5-6H,1H3. The number of hydrogen-bond acceptors (Lipinski definition) is 2. The molecule has 0 fully saturated rings. The summed E-state index contributed by atoms with van der Waals surface area (Å²) in [7, 11) is 0. The fourth-order valence-corrected chi connectivity index (χ4v) is 1.40. The largest absolute Gasteiger partial charge is 0.264 e. The number of nitriles is 1. The highest BCUT2D eigenvalue weighted by atomic mass is 79.9. The summed E-state index contributed by atoms with van der Waals surface area (Å²) in [6.07, 6.45) is 3.39. The first kappa shape index (κ1) is 8.22. The van der Waals surface area contributed by atoms with Crippen molar-refractivity contribution in [2.45, 2.75) is 12.8 Å². The molecule has 0 bridgehead atoms. The van der Waals surface area contributed by atoms with E-state index in [-0.39, 0.29) is 5.92 Å². The molecule has 0 aliphatic rings. The third-order valence-corrected chi connectivity index (χ3v) is 2.13. The van der Waals surface area contributed by atoms with Crippen molar-refractivity contribution in [1.82, 2.24) is 4.98 Å². The molecule has 0 saturated heterocycles. The van der Waals surface area contributed by atoms with Gasteiger partial charge in [-0.05, 0) is 34.5 Å². The Hall–Kier alpha value is -0.880. The fourth-order valence-electron chi connectivity index (χ4n) is 0.807. The molecule has 1 unspecified atom stereocenters. The van der Waals surface area contributed by atoms with Gasteiger partial charge in [-0.25, -0.2) is 0 Å². The van der Waals surface area contributed by atoms with Gasteiger partial charge in [-0.1, -0.05) is 0 Å². The Kier molecular flexibility index (Phi) is 2.61. The van der Waals surface area contributed by atoms with E-state index >= 15 is 0 Å². The van der Waals surface area contributed by atoms with E-state index in [4.69, 9.17) is 5.26 Å². The zero-order valence-electron chi connectivity index (χ0n) is 6.08. The van der Waals surface area contributed by atoms with Gasteiger partial charge in [-0.15, -0.1) is 0 Å². The van der Waals surface area contributed by atoms with E-state index in [1.165, 1.54) is 0 Å². The lowest BCUT2D eigenvalue weighted by Crippen LogP contribution is -1.90. The number of nitrogens with zero attached hydrogens (tertiary/aromatic N) is 2. The van der Waals surface area contributed by atoms with Crippen LogP contribution in [-0.4, -0.2) is 4.98 Å². The first-order chi connectivity index (χ1) is 5.25. The van der Waals surface area contributed by atoms with Gasteiger partial charge in [0.25, 0.3) is 0 Å². The van der Waals surface area contributed by atoms with Gasteiger partial charge in [0.2, 0.25) is 0 Å². The summed E-state index contributed by atoms with van der Waals surface area (Å²) < 4.78 is 0.897. The van der Waals surface area contributed by atoms with Crippen molar-refractivity contribution >= 4 is 15.9 Å². The molecule has 2 nitrogen and oxygen atoms in total. The average Bonchev–Trinajstić information content (AvgIpc) is 2.04. The van der Waals surface area contributed by atoms with Gasteiger partial charge in [-0.2, -0.15) is 5.26 Å². The van der Waals surface area contributed by atoms with Crippen LogP contribution in [0.4, 0.5) is 0 Å². The molecule has 0 aliphatic heterocycles. The highest BCUT2D eigenvalue weighted by Gasteiger charge is 2.06. The molecular weight excluding hydrogens is 204 g/mol. The van der Waals surface area contributed by atoms with Crippen molar-refractivity contribution < 1.29 is 0 Å². The molecule has 0 saturated carbocycles. The maximum Gasteiger partial charge on any atom is 0.0701 e. The monoisotopic (exact) mass is 210 g/mol. The Balaban J connectivity index is 3.05. The van der Waals surface area contributed by atoms with Crippen molar-refractivity contribution in [1.29, 1.82) is 5.26 Å². The summed E-state index contributed by atoms with van der Waals surface area (Å²) in [5.74, 6) is -0.0765. The third-order valence-electron chi connectivity index (χ3n) is 1.46. The van der Waals surface area contributed by atoms with E-state index in [0.717, 1.165) is 10.0 Å². The minimum atomic E-state index is -0.0765. The molecule has 1 rings (SSSR count). The SMILES string of the molecule is CC(C#N)c1ccncc1Br. The normalized spacial score (nSPS) is 12.1. The van der Waals surface area contributed by atoms with Crippen LogP contribution in [0.1, 0.15) is 18.4 Å². The molecule has 0 N–H and O–H groups in total. The molecule has 0 aliphatic carbocycles. The van der Waals surface area contributed by atoms with Crippen LogP contribution in [0, 0.1) is 11.3 Å². The summed E-state index contributed by atoms with van der Waals surface area (Å²) in [6.45, 7) is 1.86. The van der Waals surface area contributed by atoms with E-state index in [9.17, 15) is 0 Å². The Morgan fingerprint density at radius 3 is 3.00 bits per heavy atom. The predicted molar refractivity (Wildman–Crippen MR) is 46.0 cm³/mol. The molecule has 0 amide bonds. The quantitative estimate of drug-likeness (QED) is 0.715. The Morgan fingerprint density at radius 1 is 1.73 bits per heavy atom. The van der Waals surface area contributed by atoms with Crippen LogP contribution in [-0.2, 0) is 0 Å². The highest BCUT2D eigenvalue weighted by molar-refractivity contribution is 9.10. The van der Waals surface area contributed by atoms with Gasteiger partial charge < -0.3 is 0 Å². The molecule has 1 aromatic heterocycles. The topological polar surface area (TPSA) is 36.7 Å². The second-order valence-electron chi connectivity index (χ2n) is 2.25. The number of halogens is 1. The van der Waals surface area contributed by atoms with Crippen LogP contribution in [0.15, 0.2) is 22.9 Å². The lowest BCUT2D eigenvalue weighted by atomic mass is 10.1. The lowest BCUT2D eigenvalue weighted by Gasteiger charge is -2.03. The third kappa shape index (κ3) is 1.78. The minimum absolute atomic E-state index is 0.0765. The van der Waals surface area contributed by atoms with Crippen molar-refractivity contribution in [3.8, 4) is 6.07 Å². The van der Waals surface area contributed by atoms with Gasteiger partial charge in [0.1, 0.15) is 0 Å². The molecule has 0 aromatic carbocycles. The second-order valence-corrected chi connectivity index (χ2v) is 3.10. The number of hydrogen-bond donors (Lipinski definition) is 0. The highest BCUT2D eigenvalue weighted by Crippen LogP contribution is 2.22. The summed E-state index contributed by atoms with van der Waals surface area (Å²) in [6, 6.07) is 4.01. The van der Waals surface area contributed by atoms with Crippen LogP contribution in [0.3, 0.4) is 0 Å².